The molecule has 14 heteroatoms. The van der Waals surface area contributed by atoms with E-state index in [4.69, 9.17) is 0 Å². The van der Waals surface area contributed by atoms with E-state index in [1.807, 2.05) is 0 Å². The summed E-state index contributed by atoms with van der Waals surface area (Å²) in [5.74, 6) is -8.14. The Balaban J connectivity index is 1.50. The zero-order valence-electron chi connectivity index (χ0n) is 24.1. The number of nitrogens with zero attached hydrogens (tertiary/aromatic N) is 4. The van der Waals surface area contributed by atoms with Crippen molar-refractivity contribution in [2.75, 3.05) is 23.9 Å². The summed E-state index contributed by atoms with van der Waals surface area (Å²) in [7, 11) is 2.77. The molecule has 6 rings (SSSR count). The molecule has 1 saturated heterocycles. The van der Waals surface area contributed by atoms with Gasteiger partial charge in [0.1, 0.15) is 0 Å². The van der Waals surface area contributed by atoms with Crippen molar-refractivity contribution in [3.8, 4) is 5.75 Å². The number of halogens is 1. The van der Waals surface area contributed by atoms with Crippen molar-refractivity contribution in [2.24, 2.45) is 17.8 Å². The topological polar surface area (TPSA) is 181 Å². The SMILES string of the molecule is CC1=CC(=O)C2=C(C[C@@H]3C(=CC[C@@H]4C(=O)N(c5cc([N+](=O)[O-])c(N(C)C)c([N+](=O)[O-])c5)C(=O)[C@@H]43)[C@@H]2c2cccc(F)c2O)C1=O. The first kappa shape index (κ1) is 29.5. The molecule has 0 spiro atoms. The Hall–Kier alpha value is -5.53. The predicted octanol–water partition coefficient (Wildman–Crippen LogP) is 4.05. The average molecular weight is 617 g/mol. The number of carbonyl (C=O) groups excluding carboxylic acids is 4. The van der Waals surface area contributed by atoms with Crippen LogP contribution >= 0.6 is 0 Å². The van der Waals surface area contributed by atoms with Gasteiger partial charge in [0.25, 0.3) is 0 Å². The lowest BCUT2D eigenvalue weighted by Gasteiger charge is -2.42. The molecule has 0 radical (unpaired) electrons. The zero-order chi connectivity index (χ0) is 32.6. The number of anilines is 2. The van der Waals surface area contributed by atoms with Gasteiger partial charge in [0.2, 0.25) is 11.8 Å². The van der Waals surface area contributed by atoms with Gasteiger partial charge in [0, 0.05) is 54.4 Å². The lowest BCUT2D eigenvalue weighted by molar-refractivity contribution is -0.392. The number of carbonyl (C=O) groups is 4. The number of phenolic OH excluding ortho intramolecular Hbond substituents is 1. The highest BCUT2D eigenvalue weighted by Gasteiger charge is 2.57. The van der Waals surface area contributed by atoms with Crippen molar-refractivity contribution < 1.29 is 38.5 Å². The Labute approximate surface area is 254 Å². The van der Waals surface area contributed by atoms with Gasteiger partial charge in [-0.05, 0) is 37.8 Å². The Morgan fingerprint density at radius 3 is 2.24 bits per heavy atom. The van der Waals surface area contributed by atoms with E-state index < -0.39 is 79.8 Å². The van der Waals surface area contributed by atoms with Crippen LogP contribution in [0.4, 0.5) is 27.1 Å². The van der Waals surface area contributed by atoms with Gasteiger partial charge in [-0.2, -0.15) is 0 Å². The molecule has 1 N–H and O–H groups in total. The molecule has 3 aliphatic carbocycles. The fraction of sp³-hybridized carbons (Fsp3) is 0.290. The third-order valence-electron chi connectivity index (χ3n) is 9.04. The number of Topliss-reactive ketones (excluding diaryl/α,β-unsaturated/α-hetero) is 1. The summed E-state index contributed by atoms with van der Waals surface area (Å²) < 4.78 is 14.6. The van der Waals surface area contributed by atoms with E-state index in [-0.39, 0.29) is 46.5 Å². The Kier molecular flexibility index (Phi) is 6.75. The van der Waals surface area contributed by atoms with E-state index in [1.54, 1.807) is 6.08 Å². The molecular formula is C31H25FN4O9. The van der Waals surface area contributed by atoms with Crippen molar-refractivity contribution in [2.45, 2.75) is 25.7 Å². The number of rotatable bonds is 5. The molecule has 2 aromatic carbocycles. The lowest BCUT2D eigenvalue weighted by atomic mass is 9.59. The second-order valence-corrected chi connectivity index (χ2v) is 11.7. The van der Waals surface area contributed by atoms with E-state index in [1.165, 1.54) is 44.1 Å². The van der Waals surface area contributed by atoms with Crippen LogP contribution in [0.3, 0.4) is 0 Å². The quantitative estimate of drug-likeness (QED) is 0.169. The van der Waals surface area contributed by atoms with Gasteiger partial charge in [-0.25, -0.2) is 9.29 Å². The summed E-state index contributed by atoms with van der Waals surface area (Å²) in [6, 6.07) is 5.69. The lowest BCUT2D eigenvalue weighted by Crippen LogP contribution is -2.39. The minimum absolute atomic E-state index is 0.0102. The number of ketones is 2. The van der Waals surface area contributed by atoms with Crippen LogP contribution in [0.5, 0.6) is 5.75 Å². The highest BCUT2D eigenvalue weighted by Crippen LogP contribution is 2.57. The van der Waals surface area contributed by atoms with Crippen molar-refractivity contribution in [3.05, 3.63) is 96.4 Å². The first-order valence-corrected chi connectivity index (χ1v) is 13.9. The van der Waals surface area contributed by atoms with E-state index in [2.05, 4.69) is 0 Å². The highest BCUT2D eigenvalue weighted by atomic mass is 19.1. The van der Waals surface area contributed by atoms with E-state index in [0.29, 0.717) is 10.5 Å². The van der Waals surface area contributed by atoms with Crippen LogP contribution in [0.1, 0.15) is 31.2 Å². The third kappa shape index (κ3) is 4.27. The molecular weight excluding hydrogens is 591 g/mol. The largest absolute Gasteiger partial charge is 0.505 e. The fourth-order valence-corrected chi connectivity index (χ4v) is 7.21. The number of aromatic hydroxyl groups is 1. The summed E-state index contributed by atoms with van der Waals surface area (Å²) in [4.78, 5) is 78.8. The second kappa shape index (κ2) is 10.3. The molecule has 1 fully saturated rings. The molecule has 13 nitrogen and oxygen atoms in total. The number of hydrogen-bond donors (Lipinski definition) is 1. The van der Waals surface area contributed by atoms with Crippen molar-refractivity contribution >= 4 is 46.1 Å². The van der Waals surface area contributed by atoms with E-state index >= 15 is 0 Å². The maximum atomic E-state index is 14.6. The van der Waals surface area contributed by atoms with Crippen LogP contribution in [-0.4, -0.2) is 52.4 Å². The number of nitro benzene ring substituents is 2. The number of para-hydroxylation sites is 1. The number of amides is 2. The molecule has 1 aliphatic heterocycles. The second-order valence-electron chi connectivity index (χ2n) is 11.7. The summed E-state index contributed by atoms with van der Waals surface area (Å²) in [5.41, 5.74) is -1.23. The normalized spacial score (nSPS) is 24.1. The number of hydrogen-bond acceptors (Lipinski definition) is 10. The molecule has 45 heavy (non-hydrogen) atoms. The standard InChI is InChI=1S/C31H25FN4O9/c1-13-9-23(37)26-19(28(13)38)12-18-15(24(26)16-5-4-6-20(32)29(16)39)7-8-17-25(18)31(41)34(30(17)40)14-10-21(35(42)43)27(33(2)3)22(11-14)36(44)45/h4-7,9-11,17-18,24-25,39H,8,12H2,1-3H3/t17-,18+,24+,25-/m0/s1. The highest BCUT2D eigenvalue weighted by molar-refractivity contribution is 6.25. The Bertz CT molecular complexity index is 1860. The maximum absolute atomic E-state index is 14.6. The summed E-state index contributed by atoms with van der Waals surface area (Å²) in [6.45, 7) is 1.47. The van der Waals surface area contributed by atoms with Gasteiger partial charge >= 0.3 is 11.4 Å². The smallest absolute Gasteiger partial charge is 0.301 e. The molecule has 0 aromatic heterocycles. The molecule has 2 amide bonds. The van der Waals surface area contributed by atoms with E-state index in [9.17, 15) is 48.9 Å². The number of imide groups is 1. The molecule has 0 unspecified atom stereocenters. The number of phenols is 1. The molecule has 0 bridgehead atoms. The van der Waals surface area contributed by atoms with Gasteiger partial charge in [-0.15, -0.1) is 0 Å². The van der Waals surface area contributed by atoms with Gasteiger partial charge in [-0.3, -0.25) is 39.4 Å². The first-order chi connectivity index (χ1) is 21.2. The number of benzene rings is 2. The first-order valence-electron chi connectivity index (χ1n) is 13.9. The van der Waals surface area contributed by atoms with Crippen LogP contribution in [-0.2, 0) is 19.2 Å². The molecule has 4 atom stereocenters. The van der Waals surface area contributed by atoms with Crippen LogP contribution in [0.15, 0.2) is 64.8 Å². The van der Waals surface area contributed by atoms with Crippen molar-refractivity contribution in [1.82, 2.24) is 0 Å². The molecule has 230 valence electrons. The van der Waals surface area contributed by atoms with Crippen LogP contribution in [0, 0.1) is 43.8 Å². The van der Waals surface area contributed by atoms with Gasteiger partial charge < -0.3 is 10.0 Å². The third-order valence-corrected chi connectivity index (χ3v) is 9.04. The van der Waals surface area contributed by atoms with Gasteiger partial charge in [0.05, 0.1) is 27.4 Å². The van der Waals surface area contributed by atoms with E-state index in [0.717, 1.165) is 18.2 Å². The maximum Gasteiger partial charge on any atom is 0.301 e. The Morgan fingerprint density at radius 1 is 1.00 bits per heavy atom. The fourth-order valence-electron chi connectivity index (χ4n) is 7.21. The minimum Gasteiger partial charge on any atom is -0.505 e. The Morgan fingerprint density at radius 2 is 1.64 bits per heavy atom. The summed E-state index contributed by atoms with van der Waals surface area (Å²) in [5, 5.41) is 34.6. The number of allylic oxidation sites excluding steroid dienone is 6. The summed E-state index contributed by atoms with van der Waals surface area (Å²) in [6.07, 6.45) is 2.73. The average Bonchev–Trinajstić information content (AvgIpc) is 3.24. The van der Waals surface area contributed by atoms with Crippen molar-refractivity contribution in [3.63, 3.8) is 0 Å². The van der Waals surface area contributed by atoms with Crippen LogP contribution in [0.25, 0.3) is 0 Å². The molecule has 4 aliphatic rings. The number of fused-ring (bicyclic) bond motifs is 3. The molecule has 0 saturated carbocycles. The molecule has 2 aromatic rings. The summed E-state index contributed by atoms with van der Waals surface area (Å²) >= 11 is 0. The zero-order valence-corrected chi connectivity index (χ0v) is 24.1. The monoisotopic (exact) mass is 616 g/mol. The van der Waals surface area contributed by atoms with Crippen molar-refractivity contribution in [1.29, 1.82) is 0 Å². The van der Waals surface area contributed by atoms with Gasteiger partial charge in [0.15, 0.2) is 28.8 Å². The number of nitro groups is 2. The minimum atomic E-state index is -1.11. The predicted molar refractivity (Wildman–Crippen MR) is 156 cm³/mol. The van der Waals surface area contributed by atoms with Crippen LogP contribution < -0.4 is 9.80 Å². The van der Waals surface area contributed by atoms with Crippen LogP contribution in [0.2, 0.25) is 0 Å². The molecule has 1 heterocycles. The van der Waals surface area contributed by atoms with Gasteiger partial charge in [-0.1, -0.05) is 23.8 Å².